The van der Waals surface area contributed by atoms with E-state index >= 15 is 0 Å². The molecule has 0 saturated heterocycles. The zero-order valence-electron chi connectivity index (χ0n) is 6.05. The molecule has 0 aliphatic heterocycles. The van der Waals surface area contributed by atoms with E-state index in [1.807, 2.05) is 0 Å². The van der Waals surface area contributed by atoms with E-state index in [0.29, 0.717) is 5.56 Å². The maximum absolute atomic E-state index is 12.5. The fourth-order valence-corrected chi connectivity index (χ4v) is 0.826. The largest absolute Gasteiger partial charge is 0.228 e. The van der Waals surface area contributed by atoms with Crippen LogP contribution < -0.4 is 0 Å². The molecule has 0 heterocycles. The molecule has 1 aromatic rings. The van der Waals surface area contributed by atoms with Gasteiger partial charge in [0.25, 0.3) is 0 Å². The quantitative estimate of drug-likeness (QED) is 0.509. The number of thiocarbonyl (C=S) groups is 1. The fourth-order valence-electron chi connectivity index (χ4n) is 0.762. The third-order valence-corrected chi connectivity index (χ3v) is 1.44. The van der Waals surface area contributed by atoms with Crippen LogP contribution in [0.25, 0.3) is 0 Å². The van der Waals surface area contributed by atoms with Crippen molar-refractivity contribution in [3.63, 3.8) is 0 Å². The summed E-state index contributed by atoms with van der Waals surface area (Å²) in [6.07, 6.45) is 0. The molecule has 1 rings (SSSR count). The lowest BCUT2D eigenvalue weighted by Gasteiger charge is -1.95. The van der Waals surface area contributed by atoms with E-state index in [1.165, 1.54) is 6.07 Å². The van der Waals surface area contributed by atoms with Crippen molar-refractivity contribution in [2.45, 2.75) is 6.54 Å². The number of isothiocyanates is 1. The van der Waals surface area contributed by atoms with Crippen molar-refractivity contribution in [1.82, 2.24) is 0 Å². The van der Waals surface area contributed by atoms with Crippen molar-refractivity contribution in [3.05, 3.63) is 35.4 Å². The number of aliphatic imine (C=N–C) groups is 1. The van der Waals surface area contributed by atoms with Crippen molar-refractivity contribution in [1.29, 1.82) is 0 Å². The monoisotopic (exact) mass is 185 g/mol. The topological polar surface area (TPSA) is 12.4 Å². The average Bonchev–Trinajstić information content (AvgIpc) is 2.07. The summed E-state index contributed by atoms with van der Waals surface area (Å²) < 4.78 is 24.9. The first kappa shape index (κ1) is 8.97. The van der Waals surface area contributed by atoms with Crippen LogP contribution in [0.2, 0.25) is 0 Å². The van der Waals surface area contributed by atoms with Crippen molar-refractivity contribution in [2.24, 2.45) is 4.99 Å². The number of nitrogens with zero attached hydrogens (tertiary/aromatic N) is 1. The molecular weight excluding hydrogens is 180 g/mol. The molecule has 0 spiro atoms. The van der Waals surface area contributed by atoms with Gasteiger partial charge in [0, 0.05) is 0 Å². The van der Waals surface area contributed by atoms with Crippen molar-refractivity contribution < 1.29 is 8.78 Å². The summed E-state index contributed by atoms with van der Waals surface area (Å²) >= 11 is 4.33. The Morgan fingerprint density at radius 1 is 1.33 bits per heavy atom. The second-order valence-corrected chi connectivity index (χ2v) is 2.34. The molecule has 12 heavy (non-hydrogen) atoms. The lowest BCUT2D eigenvalue weighted by molar-refractivity contribution is 0.507. The number of benzene rings is 1. The van der Waals surface area contributed by atoms with E-state index in [0.717, 1.165) is 12.1 Å². The highest BCUT2D eigenvalue weighted by atomic mass is 32.1. The third kappa shape index (κ3) is 2.19. The Hall–Kier alpha value is -1.12. The molecule has 0 N–H and O–H groups in total. The molecule has 1 aromatic carbocycles. The predicted molar refractivity (Wildman–Crippen MR) is 45.1 cm³/mol. The highest BCUT2D eigenvalue weighted by Gasteiger charge is 2.00. The molecule has 0 aromatic heterocycles. The van der Waals surface area contributed by atoms with Gasteiger partial charge in [0.05, 0.1) is 11.7 Å². The highest BCUT2D eigenvalue weighted by Crippen LogP contribution is 2.08. The fraction of sp³-hybridized carbons (Fsp3) is 0.125. The third-order valence-electron chi connectivity index (χ3n) is 1.31. The summed E-state index contributed by atoms with van der Waals surface area (Å²) in [5.74, 6) is -1.72. The molecule has 62 valence electrons. The number of hydrogen-bond acceptors (Lipinski definition) is 2. The second-order valence-electron chi connectivity index (χ2n) is 2.16. The molecule has 4 heteroatoms. The molecule has 1 nitrogen and oxygen atoms in total. The van der Waals surface area contributed by atoms with Gasteiger partial charge in [-0.1, -0.05) is 6.07 Å². The zero-order valence-corrected chi connectivity index (χ0v) is 6.87. The van der Waals surface area contributed by atoms with Crippen LogP contribution in [-0.4, -0.2) is 5.16 Å². The molecule has 0 atom stereocenters. The van der Waals surface area contributed by atoms with Crippen LogP contribution in [0.15, 0.2) is 23.2 Å². The first-order valence-electron chi connectivity index (χ1n) is 3.21. The van der Waals surface area contributed by atoms with Crippen LogP contribution in [0, 0.1) is 11.6 Å². The first-order chi connectivity index (χ1) is 5.74. The molecule has 0 unspecified atom stereocenters. The predicted octanol–water partition coefficient (Wildman–Crippen LogP) is 2.57. The Morgan fingerprint density at radius 3 is 2.67 bits per heavy atom. The van der Waals surface area contributed by atoms with Gasteiger partial charge >= 0.3 is 0 Å². The molecule has 0 saturated carbocycles. The van der Waals surface area contributed by atoms with Gasteiger partial charge in [0.1, 0.15) is 0 Å². The number of halogens is 2. The van der Waals surface area contributed by atoms with Crippen LogP contribution in [0.3, 0.4) is 0 Å². The lowest BCUT2D eigenvalue weighted by Crippen LogP contribution is -1.87. The molecule has 0 radical (unpaired) electrons. The molecule has 0 aliphatic carbocycles. The Balaban J connectivity index is 2.89. The van der Waals surface area contributed by atoms with Crippen LogP contribution >= 0.6 is 12.2 Å². The van der Waals surface area contributed by atoms with Crippen molar-refractivity contribution >= 4 is 17.4 Å². The summed E-state index contributed by atoms with van der Waals surface area (Å²) in [6, 6.07) is 3.60. The summed E-state index contributed by atoms with van der Waals surface area (Å²) in [5, 5.41) is 2.14. The van der Waals surface area contributed by atoms with Gasteiger partial charge in [0.2, 0.25) is 0 Å². The van der Waals surface area contributed by atoms with Crippen LogP contribution in [0.4, 0.5) is 8.78 Å². The maximum atomic E-state index is 12.5. The maximum Gasteiger partial charge on any atom is 0.159 e. The van der Waals surface area contributed by atoms with E-state index in [-0.39, 0.29) is 6.54 Å². The van der Waals surface area contributed by atoms with Gasteiger partial charge in [-0.3, -0.25) is 0 Å². The van der Waals surface area contributed by atoms with E-state index in [1.54, 1.807) is 0 Å². The summed E-state index contributed by atoms with van der Waals surface area (Å²) in [7, 11) is 0. The molecular formula is C8H5F2NS. The minimum Gasteiger partial charge on any atom is -0.228 e. The standard InChI is InChI=1S/C8H5F2NS/c9-7-2-1-6(3-8(7)10)4-11-5-12/h1-3H,4H2. The normalized spacial score (nSPS) is 9.17. The van der Waals surface area contributed by atoms with Crippen LogP contribution in [-0.2, 0) is 6.54 Å². The summed E-state index contributed by atoms with van der Waals surface area (Å²) in [4.78, 5) is 3.59. The molecule has 0 bridgehead atoms. The van der Waals surface area contributed by atoms with E-state index < -0.39 is 11.6 Å². The van der Waals surface area contributed by atoms with E-state index in [9.17, 15) is 8.78 Å². The Bertz CT molecular complexity index is 332. The summed E-state index contributed by atoms with van der Waals surface area (Å²) in [5.41, 5.74) is 0.575. The van der Waals surface area contributed by atoms with Gasteiger partial charge in [-0.2, -0.15) is 0 Å². The smallest absolute Gasteiger partial charge is 0.159 e. The van der Waals surface area contributed by atoms with Crippen LogP contribution in [0.5, 0.6) is 0 Å². The van der Waals surface area contributed by atoms with Gasteiger partial charge < -0.3 is 0 Å². The van der Waals surface area contributed by atoms with E-state index in [2.05, 4.69) is 22.4 Å². The lowest BCUT2D eigenvalue weighted by atomic mass is 10.2. The molecule has 0 aliphatic rings. The Labute approximate surface area is 73.7 Å². The van der Waals surface area contributed by atoms with Crippen molar-refractivity contribution in [2.75, 3.05) is 0 Å². The number of hydrogen-bond donors (Lipinski definition) is 0. The number of rotatable bonds is 2. The molecule has 0 fully saturated rings. The minimum atomic E-state index is -0.868. The first-order valence-corrected chi connectivity index (χ1v) is 3.62. The van der Waals surface area contributed by atoms with Gasteiger partial charge in [0.15, 0.2) is 11.6 Å². The van der Waals surface area contributed by atoms with Gasteiger partial charge in [-0.25, -0.2) is 13.8 Å². The Kier molecular flexibility index (Phi) is 3.02. The average molecular weight is 185 g/mol. The SMILES string of the molecule is Fc1ccc(CN=C=S)cc1F. The molecule has 0 amide bonds. The van der Waals surface area contributed by atoms with Crippen molar-refractivity contribution in [3.8, 4) is 0 Å². The minimum absolute atomic E-state index is 0.237. The zero-order chi connectivity index (χ0) is 8.97. The summed E-state index contributed by atoms with van der Waals surface area (Å²) in [6.45, 7) is 0.237. The second kappa shape index (κ2) is 4.04. The Morgan fingerprint density at radius 2 is 2.08 bits per heavy atom. The van der Waals surface area contributed by atoms with Crippen LogP contribution in [0.1, 0.15) is 5.56 Å². The van der Waals surface area contributed by atoms with Gasteiger partial charge in [-0.15, -0.1) is 0 Å². The van der Waals surface area contributed by atoms with E-state index in [4.69, 9.17) is 0 Å². The highest BCUT2D eigenvalue weighted by molar-refractivity contribution is 7.78. The van der Waals surface area contributed by atoms with Gasteiger partial charge in [-0.05, 0) is 29.9 Å².